The van der Waals surface area contributed by atoms with Crippen molar-refractivity contribution in [3.63, 3.8) is 0 Å². The topological polar surface area (TPSA) is 106 Å². The lowest BCUT2D eigenvalue weighted by Crippen LogP contribution is -2.27. The molecule has 3 rings (SSSR count). The smallest absolute Gasteiger partial charge is 0.270 e. The number of ether oxygens (including phenoxy) is 1. The van der Waals surface area contributed by atoms with Crippen molar-refractivity contribution in [2.75, 3.05) is 7.11 Å². The Bertz CT molecular complexity index is 963. The van der Waals surface area contributed by atoms with Crippen LogP contribution in [0, 0.1) is 0 Å². The molecule has 2 amide bonds. The second kappa shape index (κ2) is 9.22. The Labute approximate surface area is 162 Å². The molecule has 0 saturated carbocycles. The van der Waals surface area contributed by atoms with Crippen LogP contribution in [-0.2, 0) is 13.1 Å². The number of carbonyl (C=O) groups is 2. The molecule has 8 nitrogen and oxygen atoms in total. The molecule has 0 radical (unpaired) electrons. The molecule has 8 heteroatoms. The Hall–Kier alpha value is -3.81. The van der Waals surface area contributed by atoms with Gasteiger partial charge in [-0.1, -0.05) is 12.1 Å². The molecule has 0 unspecified atom stereocenters. The molecule has 28 heavy (non-hydrogen) atoms. The van der Waals surface area contributed by atoms with E-state index in [0.29, 0.717) is 18.8 Å². The molecular weight excluding hydrogens is 358 g/mol. The molecule has 3 aromatic rings. The molecule has 0 aliphatic heterocycles. The number of benzene rings is 1. The summed E-state index contributed by atoms with van der Waals surface area (Å²) in [7, 11) is 1.58. The number of pyridine rings is 1. The van der Waals surface area contributed by atoms with Crippen LogP contribution < -0.4 is 15.4 Å². The molecule has 0 saturated heterocycles. The Kier molecular flexibility index (Phi) is 6.25. The molecule has 142 valence electrons. The van der Waals surface area contributed by atoms with Gasteiger partial charge in [0.25, 0.3) is 11.8 Å². The maximum atomic E-state index is 12.4. The van der Waals surface area contributed by atoms with Gasteiger partial charge in [-0.25, -0.2) is 9.97 Å². The molecule has 0 aliphatic rings. The summed E-state index contributed by atoms with van der Waals surface area (Å²) in [4.78, 5) is 36.5. The highest BCUT2D eigenvalue weighted by Crippen LogP contribution is 2.12. The van der Waals surface area contributed by atoms with Crippen LogP contribution >= 0.6 is 0 Å². The molecule has 0 aliphatic carbocycles. The number of aromatic nitrogens is 3. The van der Waals surface area contributed by atoms with Gasteiger partial charge in [-0.3, -0.25) is 14.6 Å². The summed E-state index contributed by atoms with van der Waals surface area (Å²) in [6.07, 6.45) is 4.50. The zero-order valence-electron chi connectivity index (χ0n) is 15.3. The summed E-state index contributed by atoms with van der Waals surface area (Å²) in [5.41, 5.74) is 2.04. The first kappa shape index (κ1) is 19.0. The molecule has 0 fully saturated rings. The predicted molar refractivity (Wildman–Crippen MR) is 102 cm³/mol. The fourth-order valence-electron chi connectivity index (χ4n) is 2.43. The highest BCUT2D eigenvalue weighted by atomic mass is 16.5. The van der Waals surface area contributed by atoms with E-state index in [9.17, 15) is 9.59 Å². The number of rotatable bonds is 7. The molecule has 2 heterocycles. The summed E-state index contributed by atoms with van der Waals surface area (Å²) < 4.78 is 5.16. The van der Waals surface area contributed by atoms with Crippen LogP contribution in [0.4, 0.5) is 0 Å². The van der Waals surface area contributed by atoms with Gasteiger partial charge in [-0.15, -0.1) is 0 Å². The van der Waals surface area contributed by atoms with Gasteiger partial charge in [0.1, 0.15) is 23.5 Å². The fourth-order valence-corrected chi connectivity index (χ4v) is 2.43. The molecular formula is C20H19N5O3. The number of carbonyl (C=O) groups excluding carboxylic acids is 2. The number of amides is 2. The monoisotopic (exact) mass is 377 g/mol. The Morgan fingerprint density at radius 1 is 0.893 bits per heavy atom. The highest BCUT2D eigenvalue weighted by Gasteiger charge is 2.13. The Morgan fingerprint density at radius 2 is 1.54 bits per heavy atom. The first-order chi connectivity index (χ1) is 13.7. The van der Waals surface area contributed by atoms with Gasteiger partial charge in [0.05, 0.1) is 7.11 Å². The van der Waals surface area contributed by atoms with Gasteiger partial charge in [0, 0.05) is 31.5 Å². The predicted octanol–water partition coefficient (Wildman–Crippen LogP) is 1.74. The third-order valence-electron chi connectivity index (χ3n) is 3.92. The van der Waals surface area contributed by atoms with Gasteiger partial charge < -0.3 is 15.4 Å². The van der Waals surface area contributed by atoms with E-state index in [0.717, 1.165) is 11.1 Å². The summed E-state index contributed by atoms with van der Waals surface area (Å²) in [5, 5.41) is 5.52. The minimum atomic E-state index is -0.395. The van der Waals surface area contributed by atoms with Crippen molar-refractivity contribution in [2.45, 2.75) is 13.1 Å². The zero-order chi connectivity index (χ0) is 19.8. The lowest BCUT2D eigenvalue weighted by atomic mass is 10.2. The van der Waals surface area contributed by atoms with Gasteiger partial charge >= 0.3 is 0 Å². The molecule has 2 aromatic heterocycles. The second-order valence-electron chi connectivity index (χ2n) is 5.86. The Morgan fingerprint density at radius 3 is 2.18 bits per heavy atom. The number of nitrogens with one attached hydrogen (secondary N) is 2. The van der Waals surface area contributed by atoms with Crippen LogP contribution in [0.15, 0.2) is 61.2 Å². The zero-order valence-corrected chi connectivity index (χ0v) is 15.3. The van der Waals surface area contributed by atoms with Crippen molar-refractivity contribution >= 4 is 11.8 Å². The average Bonchev–Trinajstić information content (AvgIpc) is 2.76. The van der Waals surface area contributed by atoms with Gasteiger partial charge in [0.2, 0.25) is 0 Å². The standard InChI is InChI=1S/C20H19N5O3/c1-28-16-4-2-3-15(9-16)12-23-20(27)18-10-17(24-13-25-18)19(26)22-11-14-5-7-21-8-6-14/h2-10,13H,11-12H2,1H3,(H,22,26)(H,23,27). The third-order valence-corrected chi connectivity index (χ3v) is 3.92. The van der Waals surface area contributed by atoms with Crippen molar-refractivity contribution in [2.24, 2.45) is 0 Å². The van der Waals surface area contributed by atoms with Crippen molar-refractivity contribution < 1.29 is 14.3 Å². The average molecular weight is 377 g/mol. The highest BCUT2D eigenvalue weighted by molar-refractivity contribution is 5.97. The van der Waals surface area contributed by atoms with Crippen LogP contribution in [0.1, 0.15) is 32.1 Å². The molecule has 1 aromatic carbocycles. The molecule has 2 N–H and O–H groups in total. The summed E-state index contributed by atoms with van der Waals surface area (Å²) in [5.74, 6) is -0.0728. The van der Waals surface area contributed by atoms with Gasteiger partial charge in [-0.05, 0) is 35.4 Å². The first-order valence-corrected chi connectivity index (χ1v) is 8.56. The van der Waals surface area contributed by atoms with E-state index < -0.39 is 5.91 Å². The number of hydrogen-bond acceptors (Lipinski definition) is 6. The Balaban J connectivity index is 1.60. The minimum Gasteiger partial charge on any atom is -0.497 e. The first-order valence-electron chi connectivity index (χ1n) is 8.56. The van der Waals surface area contributed by atoms with Gasteiger partial charge in [0.15, 0.2) is 0 Å². The van der Waals surface area contributed by atoms with E-state index in [1.54, 1.807) is 31.6 Å². The lowest BCUT2D eigenvalue weighted by Gasteiger charge is -2.08. The molecule has 0 atom stereocenters. The van der Waals surface area contributed by atoms with E-state index >= 15 is 0 Å². The normalized spacial score (nSPS) is 10.2. The molecule has 0 bridgehead atoms. The van der Waals surface area contributed by atoms with Crippen LogP contribution in [0.25, 0.3) is 0 Å². The SMILES string of the molecule is COc1cccc(CNC(=O)c2cc(C(=O)NCc3ccncc3)ncn2)c1. The second-order valence-corrected chi connectivity index (χ2v) is 5.86. The van der Waals surface area contributed by atoms with Crippen molar-refractivity contribution in [1.82, 2.24) is 25.6 Å². The number of hydrogen-bond donors (Lipinski definition) is 2. The fraction of sp³-hybridized carbons (Fsp3) is 0.150. The lowest BCUT2D eigenvalue weighted by molar-refractivity contribution is 0.0944. The quantitative estimate of drug-likeness (QED) is 0.650. The maximum Gasteiger partial charge on any atom is 0.270 e. The van der Waals surface area contributed by atoms with E-state index in [1.807, 2.05) is 24.3 Å². The van der Waals surface area contributed by atoms with Crippen LogP contribution in [0.3, 0.4) is 0 Å². The minimum absolute atomic E-state index is 0.118. The van der Waals surface area contributed by atoms with Crippen molar-refractivity contribution in [3.05, 3.63) is 83.7 Å². The molecule has 0 spiro atoms. The number of methoxy groups -OCH3 is 1. The van der Waals surface area contributed by atoms with Crippen LogP contribution in [-0.4, -0.2) is 33.9 Å². The van der Waals surface area contributed by atoms with E-state index in [1.165, 1.54) is 12.4 Å². The van der Waals surface area contributed by atoms with Crippen LogP contribution in [0.2, 0.25) is 0 Å². The van der Waals surface area contributed by atoms with E-state index in [4.69, 9.17) is 4.74 Å². The number of nitrogens with zero attached hydrogens (tertiary/aromatic N) is 3. The van der Waals surface area contributed by atoms with Crippen molar-refractivity contribution in [3.8, 4) is 5.75 Å². The van der Waals surface area contributed by atoms with Crippen molar-refractivity contribution in [1.29, 1.82) is 0 Å². The summed E-state index contributed by atoms with van der Waals surface area (Å²) in [6, 6.07) is 12.3. The summed E-state index contributed by atoms with van der Waals surface area (Å²) in [6.45, 7) is 0.645. The largest absolute Gasteiger partial charge is 0.497 e. The summed E-state index contributed by atoms with van der Waals surface area (Å²) >= 11 is 0. The van der Waals surface area contributed by atoms with Crippen LogP contribution in [0.5, 0.6) is 5.75 Å². The van der Waals surface area contributed by atoms with Gasteiger partial charge in [-0.2, -0.15) is 0 Å². The third kappa shape index (κ3) is 5.10. The maximum absolute atomic E-state index is 12.4. The van der Waals surface area contributed by atoms with E-state index in [2.05, 4.69) is 25.6 Å². The van der Waals surface area contributed by atoms with E-state index in [-0.39, 0.29) is 17.3 Å².